The van der Waals surface area contributed by atoms with Crippen molar-refractivity contribution in [1.82, 2.24) is 4.90 Å². The molecule has 6 heteroatoms. The number of carbonyl (C=O) groups is 1. The summed E-state index contributed by atoms with van der Waals surface area (Å²) >= 11 is 0. The number of anilines is 1. The largest absolute Gasteiger partial charge is 0.491 e. The number of piperidine rings is 1. The molecule has 1 aliphatic rings. The molecule has 0 spiro atoms. The fourth-order valence-corrected chi connectivity index (χ4v) is 2.38. The molecule has 3 N–H and O–H groups in total. The number of ether oxygens (including phenoxy) is 1. The molecule has 20 heavy (non-hydrogen) atoms. The van der Waals surface area contributed by atoms with Crippen molar-refractivity contribution in [1.29, 1.82) is 0 Å². The average Bonchev–Trinajstić information content (AvgIpc) is 2.43. The molecular formula is C14H19FN2O3. The molecule has 110 valence electrons. The molecular weight excluding hydrogens is 263 g/mol. The maximum absolute atomic E-state index is 13.3. The third-order valence-electron chi connectivity index (χ3n) is 3.48. The van der Waals surface area contributed by atoms with Crippen molar-refractivity contribution >= 4 is 11.7 Å². The molecule has 1 aliphatic heterocycles. The maximum atomic E-state index is 13.3. The molecule has 1 saturated heterocycles. The molecule has 1 fully saturated rings. The van der Waals surface area contributed by atoms with Crippen LogP contribution in [-0.2, 0) is 0 Å². The lowest BCUT2D eigenvalue weighted by molar-refractivity contribution is 0.0692. The Hall–Kier alpha value is -1.82. The quantitative estimate of drug-likeness (QED) is 0.808. The van der Waals surface area contributed by atoms with Gasteiger partial charge in [-0.15, -0.1) is 0 Å². The van der Waals surface area contributed by atoms with Crippen LogP contribution >= 0.6 is 0 Å². The number of rotatable bonds is 5. The van der Waals surface area contributed by atoms with Crippen molar-refractivity contribution in [3.05, 3.63) is 23.5 Å². The second kappa shape index (κ2) is 6.56. The lowest BCUT2D eigenvalue weighted by Crippen LogP contribution is -2.33. The summed E-state index contributed by atoms with van der Waals surface area (Å²) in [6.07, 6.45) is 3.63. The second-order valence-electron chi connectivity index (χ2n) is 4.89. The zero-order valence-corrected chi connectivity index (χ0v) is 11.3. The summed E-state index contributed by atoms with van der Waals surface area (Å²) in [6.45, 7) is 3.18. The van der Waals surface area contributed by atoms with E-state index in [9.17, 15) is 9.18 Å². The number of nitrogens with zero attached hydrogens (tertiary/aromatic N) is 1. The minimum Gasteiger partial charge on any atom is -0.491 e. The minimum absolute atomic E-state index is 0.119. The molecule has 1 aromatic carbocycles. The summed E-state index contributed by atoms with van der Waals surface area (Å²) in [5.74, 6) is -1.91. The van der Waals surface area contributed by atoms with Gasteiger partial charge in [-0.1, -0.05) is 6.42 Å². The van der Waals surface area contributed by atoms with Crippen LogP contribution in [0.2, 0.25) is 0 Å². The molecule has 0 atom stereocenters. The third kappa shape index (κ3) is 3.39. The van der Waals surface area contributed by atoms with Crippen LogP contribution in [0.15, 0.2) is 12.1 Å². The van der Waals surface area contributed by atoms with Gasteiger partial charge in [0.1, 0.15) is 23.7 Å². The van der Waals surface area contributed by atoms with Crippen LogP contribution in [0.25, 0.3) is 0 Å². The molecule has 0 saturated carbocycles. The van der Waals surface area contributed by atoms with Gasteiger partial charge in [0.05, 0.1) is 5.69 Å². The molecule has 0 aliphatic carbocycles. The van der Waals surface area contributed by atoms with Gasteiger partial charge in [0.25, 0.3) is 0 Å². The van der Waals surface area contributed by atoms with E-state index >= 15 is 0 Å². The van der Waals surface area contributed by atoms with Gasteiger partial charge < -0.3 is 15.6 Å². The van der Waals surface area contributed by atoms with E-state index in [0.717, 1.165) is 25.7 Å². The highest BCUT2D eigenvalue weighted by atomic mass is 19.1. The first-order valence-corrected chi connectivity index (χ1v) is 6.76. The lowest BCUT2D eigenvalue weighted by atomic mass is 10.1. The van der Waals surface area contributed by atoms with Gasteiger partial charge >= 0.3 is 5.97 Å². The van der Waals surface area contributed by atoms with Crippen LogP contribution in [0.1, 0.15) is 29.6 Å². The Labute approximate surface area is 117 Å². The first-order chi connectivity index (χ1) is 9.59. The monoisotopic (exact) mass is 282 g/mol. The molecule has 1 aromatic rings. The number of nitrogen functional groups attached to an aromatic ring is 1. The average molecular weight is 282 g/mol. The van der Waals surface area contributed by atoms with E-state index in [-0.39, 0.29) is 17.0 Å². The molecule has 2 rings (SSSR count). The zero-order valence-electron chi connectivity index (χ0n) is 11.3. The predicted octanol–water partition coefficient (Wildman–Crippen LogP) is 1.97. The fraction of sp³-hybridized carbons (Fsp3) is 0.500. The maximum Gasteiger partial charge on any atom is 0.341 e. The number of nitrogens with two attached hydrogens (primary N) is 1. The molecule has 5 nitrogen and oxygen atoms in total. The van der Waals surface area contributed by atoms with Crippen LogP contribution in [0.3, 0.4) is 0 Å². The van der Waals surface area contributed by atoms with Gasteiger partial charge in [-0.2, -0.15) is 0 Å². The summed E-state index contributed by atoms with van der Waals surface area (Å²) in [5.41, 5.74) is 4.77. The number of halogens is 1. The number of carboxylic acids is 1. The first kappa shape index (κ1) is 14.6. The van der Waals surface area contributed by atoms with E-state index in [2.05, 4.69) is 4.90 Å². The standard InChI is InChI=1S/C14H19FN2O3/c15-10-4-5-11(12(13(10)16)14(18)19)20-9-8-17-6-2-1-3-7-17/h4-5H,1-3,6-9,16H2,(H,18,19). The van der Waals surface area contributed by atoms with E-state index in [1.54, 1.807) is 0 Å². The Morgan fingerprint density at radius 1 is 1.35 bits per heavy atom. The third-order valence-corrected chi connectivity index (χ3v) is 3.48. The smallest absolute Gasteiger partial charge is 0.341 e. The van der Waals surface area contributed by atoms with Gasteiger partial charge in [0.15, 0.2) is 0 Å². The van der Waals surface area contributed by atoms with Gasteiger partial charge in [-0.3, -0.25) is 4.90 Å². The number of hydrogen-bond acceptors (Lipinski definition) is 4. The van der Waals surface area contributed by atoms with Gasteiger partial charge in [-0.05, 0) is 38.1 Å². The van der Waals surface area contributed by atoms with Crippen molar-refractivity contribution < 1.29 is 19.0 Å². The summed E-state index contributed by atoms with van der Waals surface area (Å²) in [7, 11) is 0. The highest BCUT2D eigenvalue weighted by Gasteiger charge is 2.19. The molecule has 0 radical (unpaired) electrons. The van der Waals surface area contributed by atoms with Crippen LogP contribution in [0.4, 0.5) is 10.1 Å². The number of aromatic carboxylic acids is 1. The van der Waals surface area contributed by atoms with Crippen molar-refractivity contribution in [2.45, 2.75) is 19.3 Å². The summed E-state index contributed by atoms with van der Waals surface area (Å²) in [5, 5.41) is 9.08. The normalized spacial score (nSPS) is 16.1. The Bertz CT molecular complexity index is 488. The van der Waals surface area contributed by atoms with Crippen molar-refractivity contribution in [2.75, 3.05) is 32.0 Å². The number of likely N-dealkylation sites (tertiary alicyclic amines) is 1. The first-order valence-electron chi connectivity index (χ1n) is 6.76. The highest BCUT2D eigenvalue weighted by molar-refractivity contribution is 5.96. The van der Waals surface area contributed by atoms with Crippen LogP contribution < -0.4 is 10.5 Å². The fourth-order valence-electron chi connectivity index (χ4n) is 2.38. The van der Waals surface area contributed by atoms with Crippen molar-refractivity contribution in [3.63, 3.8) is 0 Å². The molecule has 0 aromatic heterocycles. The van der Waals surface area contributed by atoms with E-state index in [1.165, 1.54) is 25.3 Å². The van der Waals surface area contributed by atoms with E-state index < -0.39 is 11.8 Å². The number of benzene rings is 1. The van der Waals surface area contributed by atoms with E-state index in [1.807, 2.05) is 0 Å². The van der Waals surface area contributed by atoms with Crippen molar-refractivity contribution in [3.8, 4) is 5.75 Å². The molecule has 1 heterocycles. The Balaban J connectivity index is 1.98. The van der Waals surface area contributed by atoms with Crippen LogP contribution in [-0.4, -0.2) is 42.2 Å². The SMILES string of the molecule is Nc1c(F)ccc(OCCN2CCCCC2)c1C(=O)O. The topological polar surface area (TPSA) is 75.8 Å². The Kier molecular flexibility index (Phi) is 4.79. The second-order valence-corrected chi connectivity index (χ2v) is 4.89. The summed E-state index contributed by atoms with van der Waals surface area (Å²) < 4.78 is 18.7. The van der Waals surface area contributed by atoms with E-state index in [4.69, 9.17) is 15.6 Å². The summed E-state index contributed by atoms with van der Waals surface area (Å²) in [4.78, 5) is 13.4. The van der Waals surface area contributed by atoms with Gasteiger partial charge in [0, 0.05) is 6.54 Å². The molecule has 0 amide bonds. The van der Waals surface area contributed by atoms with Crippen molar-refractivity contribution in [2.24, 2.45) is 0 Å². The van der Waals surface area contributed by atoms with E-state index in [0.29, 0.717) is 6.61 Å². The Morgan fingerprint density at radius 3 is 2.70 bits per heavy atom. The van der Waals surface area contributed by atoms with Gasteiger partial charge in [-0.25, -0.2) is 9.18 Å². The number of hydrogen-bond donors (Lipinski definition) is 2. The van der Waals surface area contributed by atoms with Gasteiger partial charge in [0.2, 0.25) is 0 Å². The van der Waals surface area contributed by atoms with Crippen LogP contribution in [0, 0.1) is 5.82 Å². The molecule has 0 bridgehead atoms. The highest BCUT2D eigenvalue weighted by Crippen LogP contribution is 2.27. The minimum atomic E-state index is -1.28. The Morgan fingerprint density at radius 2 is 2.05 bits per heavy atom. The summed E-state index contributed by atoms with van der Waals surface area (Å²) in [6, 6.07) is 2.43. The predicted molar refractivity (Wildman–Crippen MR) is 73.6 cm³/mol. The zero-order chi connectivity index (χ0) is 14.5. The molecule has 0 unspecified atom stereocenters. The van der Waals surface area contributed by atoms with Crippen LogP contribution in [0.5, 0.6) is 5.75 Å². The number of carboxylic acid groups (broad SMARTS) is 1. The lowest BCUT2D eigenvalue weighted by Gasteiger charge is -2.26.